The highest BCUT2D eigenvalue weighted by Crippen LogP contribution is 2.27. The molecule has 0 unspecified atom stereocenters. The van der Waals surface area contributed by atoms with E-state index in [1.165, 1.54) is 7.11 Å². The summed E-state index contributed by atoms with van der Waals surface area (Å²) in [7, 11) is 1.53. The number of carbonyl (C=O) groups excluding carboxylic acids is 1. The summed E-state index contributed by atoms with van der Waals surface area (Å²) in [6.45, 7) is 0.526. The molecule has 0 aromatic heterocycles. The summed E-state index contributed by atoms with van der Waals surface area (Å²) < 4.78 is 5.10. The zero-order chi connectivity index (χ0) is 12.7. The second kappa shape index (κ2) is 7.25. The SMILES string of the molecule is COc1ccc(Cl)cc1NC(=O)NCCCCl. The predicted molar refractivity (Wildman–Crippen MR) is 70.4 cm³/mol. The van der Waals surface area contributed by atoms with Gasteiger partial charge in [0.05, 0.1) is 12.8 Å². The van der Waals surface area contributed by atoms with E-state index in [0.29, 0.717) is 28.9 Å². The Morgan fingerprint density at radius 2 is 2.24 bits per heavy atom. The summed E-state index contributed by atoms with van der Waals surface area (Å²) in [5, 5.41) is 5.86. The van der Waals surface area contributed by atoms with Gasteiger partial charge in [0.15, 0.2) is 0 Å². The maximum Gasteiger partial charge on any atom is 0.319 e. The van der Waals surface area contributed by atoms with Crippen molar-refractivity contribution in [3.8, 4) is 5.75 Å². The van der Waals surface area contributed by atoms with Crippen LogP contribution in [0.3, 0.4) is 0 Å². The van der Waals surface area contributed by atoms with Crippen LogP contribution in [0.5, 0.6) is 5.75 Å². The molecule has 0 atom stereocenters. The van der Waals surface area contributed by atoms with E-state index in [2.05, 4.69) is 10.6 Å². The van der Waals surface area contributed by atoms with E-state index in [1.807, 2.05) is 0 Å². The van der Waals surface area contributed by atoms with Crippen molar-refractivity contribution in [3.63, 3.8) is 0 Å². The number of hydrogen-bond acceptors (Lipinski definition) is 2. The Kier molecular flexibility index (Phi) is 5.94. The molecule has 1 aromatic carbocycles. The van der Waals surface area contributed by atoms with Crippen LogP contribution in [0.15, 0.2) is 18.2 Å². The van der Waals surface area contributed by atoms with E-state index in [0.717, 1.165) is 6.42 Å². The van der Waals surface area contributed by atoms with Crippen LogP contribution in [0.2, 0.25) is 5.02 Å². The number of rotatable bonds is 5. The number of nitrogens with one attached hydrogen (secondary N) is 2. The van der Waals surface area contributed by atoms with Crippen LogP contribution in [-0.2, 0) is 0 Å². The van der Waals surface area contributed by atoms with Crippen molar-refractivity contribution >= 4 is 34.9 Å². The van der Waals surface area contributed by atoms with Crippen molar-refractivity contribution in [3.05, 3.63) is 23.2 Å². The maximum absolute atomic E-state index is 11.5. The number of alkyl halides is 1. The first-order valence-electron chi connectivity index (χ1n) is 5.11. The van der Waals surface area contributed by atoms with Crippen molar-refractivity contribution in [1.82, 2.24) is 5.32 Å². The molecule has 0 heterocycles. The minimum absolute atomic E-state index is 0.310. The molecule has 0 bridgehead atoms. The van der Waals surface area contributed by atoms with Crippen LogP contribution in [0.25, 0.3) is 0 Å². The fourth-order valence-corrected chi connectivity index (χ4v) is 1.52. The van der Waals surface area contributed by atoms with Crippen molar-refractivity contribution in [2.75, 3.05) is 24.9 Å². The lowest BCUT2D eigenvalue weighted by molar-refractivity contribution is 0.252. The summed E-state index contributed by atoms with van der Waals surface area (Å²) in [4.78, 5) is 11.5. The Balaban J connectivity index is 2.60. The maximum atomic E-state index is 11.5. The first-order chi connectivity index (χ1) is 8.17. The van der Waals surface area contributed by atoms with E-state index in [4.69, 9.17) is 27.9 Å². The molecule has 2 amide bonds. The third-order valence-corrected chi connectivity index (χ3v) is 2.51. The minimum Gasteiger partial charge on any atom is -0.495 e. The second-order valence-electron chi connectivity index (χ2n) is 3.27. The van der Waals surface area contributed by atoms with Crippen molar-refractivity contribution in [1.29, 1.82) is 0 Å². The minimum atomic E-state index is -0.310. The topological polar surface area (TPSA) is 50.4 Å². The molecule has 0 spiro atoms. The van der Waals surface area contributed by atoms with Crippen LogP contribution in [-0.4, -0.2) is 25.6 Å². The zero-order valence-corrected chi connectivity index (χ0v) is 10.9. The molecule has 4 nitrogen and oxygen atoms in total. The average molecular weight is 277 g/mol. The van der Waals surface area contributed by atoms with Crippen LogP contribution >= 0.6 is 23.2 Å². The molecule has 0 saturated heterocycles. The van der Waals surface area contributed by atoms with Crippen molar-refractivity contribution in [2.45, 2.75) is 6.42 Å². The van der Waals surface area contributed by atoms with Crippen LogP contribution < -0.4 is 15.4 Å². The fourth-order valence-electron chi connectivity index (χ4n) is 1.21. The highest BCUT2D eigenvalue weighted by atomic mass is 35.5. The summed E-state index contributed by atoms with van der Waals surface area (Å²) in [5.74, 6) is 1.07. The Bertz CT molecular complexity index is 386. The summed E-state index contributed by atoms with van der Waals surface area (Å²) in [5.41, 5.74) is 0.531. The van der Waals surface area contributed by atoms with Gasteiger partial charge in [-0.3, -0.25) is 0 Å². The molecule has 0 saturated carbocycles. The lowest BCUT2D eigenvalue weighted by atomic mass is 10.3. The average Bonchev–Trinajstić information content (AvgIpc) is 2.29. The van der Waals surface area contributed by atoms with Gasteiger partial charge in [-0.05, 0) is 24.6 Å². The van der Waals surface area contributed by atoms with E-state index < -0.39 is 0 Å². The first kappa shape index (κ1) is 13.9. The number of urea groups is 1. The van der Waals surface area contributed by atoms with Gasteiger partial charge < -0.3 is 15.4 Å². The van der Waals surface area contributed by atoms with E-state index in [-0.39, 0.29) is 6.03 Å². The molecule has 0 aliphatic rings. The van der Waals surface area contributed by atoms with Crippen LogP contribution in [0.1, 0.15) is 6.42 Å². The molecule has 0 aliphatic heterocycles. The Morgan fingerprint density at radius 3 is 2.88 bits per heavy atom. The van der Waals surface area contributed by atoms with E-state index in [1.54, 1.807) is 18.2 Å². The van der Waals surface area contributed by atoms with Gasteiger partial charge in [-0.25, -0.2) is 4.79 Å². The lowest BCUT2D eigenvalue weighted by Gasteiger charge is -2.11. The molecule has 6 heteroatoms. The predicted octanol–water partition coefficient (Wildman–Crippen LogP) is 3.10. The number of amides is 2. The summed E-state index contributed by atoms with van der Waals surface area (Å²) in [6.07, 6.45) is 0.724. The van der Waals surface area contributed by atoms with Gasteiger partial charge in [0.25, 0.3) is 0 Å². The van der Waals surface area contributed by atoms with Crippen molar-refractivity contribution < 1.29 is 9.53 Å². The molecule has 2 N–H and O–H groups in total. The Hall–Kier alpha value is -1.13. The summed E-state index contributed by atoms with van der Waals surface area (Å²) in [6, 6.07) is 4.70. The van der Waals surface area contributed by atoms with E-state index >= 15 is 0 Å². The smallest absolute Gasteiger partial charge is 0.319 e. The van der Waals surface area contributed by atoms with Gasteiger partial charge in [0.2, 0.25) is 0 Å². The second-order valence-corrected chi connectivity index (χ2v) is 4.08. The molecule has 0 radical (unpaired) electrons. The Morgan fingerprint density at radius 1 is 1.47 bits per heavy atom. The monoisotopic (exact) mass is 276 g/mol. The quantitative estimate of drug-likeness (QED) is 0.641. The normalized spacial score (nSPS) is 9.82. The molecule has 0 aliphatic carbocycles. The molecule has 0 fully saturated rings. The van der Waals surface area contributed by atoms with Gasteiger partial charge in [-0.15, -0.1) is 11.6 Å². The number of carbonyl (C=O) groups is 1. The highest BCUT2D eigenvalue weighted by Gasteiger charge is 2.07. The van der Waals surface area contributed by atoms with Gasteiger partial charge in [-0.2, -0.15) is 0 Å². The van der Waals surface area contributed by atoms with Gasteiger partial charge in [0.1, 0.15) is 5.75 Å². The van der Waals surface area contributed by atoms with Gasteiger partial charge >= 0.3 is 6.03 Å². The third kappa shape index (κ3) is 4.71. The number of hydrogen-bond donors (Lipinski definition) is 2. The summed E-state index contributed by atoms with van der Waals surface area (Å²) >= 11 is 11.3. The number of anilines is 1. The van der Waals surface area contributed by atoms with Crippen LogP contribution in [0, 0.1) is 0 Å². The number of ether oxygens (including phenoxy) is 1. The molecule has 94 valence electrons. The fraction of sp³-hybridized carbons (Fsp3) is 0.364. The standard InChI is InChI=1S/C11H14Cl2N2O2/c1-17-10-4-3-8(13)7-9(10)15-11(16)14-6-2-5-12/h3-4,7H,2,5-6H2,1H3,(H2,14,15,16). The number of benzene rings is 1. The molecule has 1 rings (SSSR count). The molecule has 1 aromatic rings. The number of halogens is 2. The largest absolute Gasteiger partial charge is 0.495 e. The van der Waals surface area contributed by atoms with E-state index in [9.17, 15) is 4.79 Å². The zero-order valence-electron chi connectivity index (χ0n) is 9.43. The third-order valence-electron chi connectivity index (χ3n) is 2.01. The van der Waals surface area contributed by atoms with Crippen molar-refractivity contribution in [2.24, 2.45) is 0 Å². The molecular formula is C11H14Cl2N2O2. The first-order valence-corrected chi connectivity index (χ1v) is 6.03. The lowest BCUT2D eigenvalue weighted by Crippen LogP contribution is -2.29. The Labute approximate surface area is 110 Å². The molecule has 17 heavy (non-hydrogen) atoms. The van der Waals surface area contributed by atoms with Gasteiger partial charge in [-0.1, -0.05) is 11.6 Å². The highest BCUT2D eigenvalue weighted by molar-refractivity contribution is 6.31. The molecular weight excluding hydrogens is 263 g/mol. The van der Waals surface area contributed by atoms with Crippen LogP contribution in [0.4, 0.5) is 10.5 Å². The number of methoxy groups -OCH3 is 1. The van der Waals surface area contributed by atoms with Gasteiger partial charge in [0, 0.05) is 17.4 Å².